The van der Waals surface area contributed by atoms with Crippen LogP contribution in [-0.4, -0.2) is 17.9 Å². The Bertz CT molecular complexity index is 285. The highest BCUT2D eigenvalue weighted by atomic mass is 16.1. The highest BCUT2D eigenvalue weighted by molar-refractivity contribution is 5.79. The van der Waals surface area contributed by atoms with Crippen LogP contribution in [0.15, 0.2) is 18.5 Å². The number of aromatic nitrogens is 1. The number of fused-ring (bicyclic) bond motifs is 1. The second kappa shape index (κ2) is 2.34. The summed E-state index contributed by atoms with van der Waals surface area (Å²) in [6.07, 6.45) is 5.33. The Labute approximate surface area is 64.7 Å². The van der Waals surface area contributed by atoms with Crippen molar-refractivity contribution in [1.82, 2.24) is 4.98 Å². The van der Waals surface area contributed by atoms with Crippen molar-refractivity contribution in [1.29, 1.82) is 0 Å². The third-order valence-electron chi connectivity index (χ3n) is 1.94. The number of carbonyl (C=O) groups excluding carboxylic acids is 1. The molecule has 2 rings (SSSR count). The van der Waals surface area contributed by atoms with Crippen LogP contribution in [0, 0.1) is 0 Å². The van der Waals surface area contributed by atoms with Gasteiger partial charge in [-0.3, -0.25) is 9.78 Å². The van der Waals surface area contributed by atoms with Gasteiger partial charge in [0.2, 0.25) is 6.41 Å². The normalized spacial score (nSPS) is 14.7. The van der Waals surface area contributed by atoms with Crippen molar-refractivity contribution < 1.29 is 4.79 Å². The minimum atomic E-state index is 0.796. The van der Waals surface area contributed by atoms with Crippen LogP contribution in [0.4, 0.5) is 5.69 Å². The molecule has 0 atom stereocenters. The predicted octanol–water partition coefficient (Wildman–Crippen LogP) is 0.600. The molecule has 0 radical (unpaired) electrons. The van der Waals surface area contributed by atoms with Gasteiger partial charge in [-0.2, -0.15) is 0 Å². The van der Waals surface area contributed by atoms with Gasteiger partial charge in [-0.15, -0.1) is 0 Å². The van der Waals surface area contributed by atoms with Crippen LogP contribution in [0.1, 0.15) is 5.56 Å². The zero-order chi connectivity index (χ0) is 7.68. The van der Waals surface area contributed by atoms with E-state index in [0.717, 1.165) is 25.1 Å². The van der Waals surface area contributed by atoms with Crippen molar-refractivity contribution in [2.24, 2.45) is 0 Å². The van der Waals surface area contributed by atoms with Crippen LogP contribution in [0.2, 0.25) is 0 Å². The molecule has 0 aromatic carbocycles. The lowest BCUT2D eigenvalue weighted by atomic mass is 10.2. The Morgan fingerprint density at radius 3 is 3.36 bits per heavy atom. The molecule has 3 nitrogen and oxygen atoms in total. The number of rotatable bonds is 1. The standard InChI is InChI=1S/C8H8N2O/c11-6-10-4-2-7-5-9-3-1-8(7)10/h1,3,5-6H,2,4H2. The number of hydrogen-bond donors (Lipinski definition) is 0. The summed E-state index contributed by atoms with van der Waals surface area (Å²) in [5, 5.41) is 0. The summed E-state index contributed by atoms with van der Waals surface area (Å²) in [5.41, 5.74) is 2.18. The summed E-state index contributed by atoms with van der Waals surface area (Å²) in [7, 11) is 0. The second-order valence-electron chi connectivity index (χ2n) is 2.55. The number of anilines is 1. The lowest BCUT2D eigenvalue weighted by Gasteiger charge is -2.07. The molecule has 3 heteroatoms. The lowest BCUT2D eigenvalue weighted by Crippen LogP contribution is -2.17. The zero-order valence-electron chi connectivity index (χ0n) is 6.03. The van der Waals surface area contributed by atoms with Crippen molar-refractivity contribution in [3.8, 4) is 0 Å². The van der Waals surface area contributed by atoms with Crippen LogP contribution in [-0.2, 0) is 11.2 Å². The predicted molar refractivity (Wildman–Crippen MR) is 41.4 cm³/mol. The van der Waals surface area contributed by atoms with Crippen molar-refractivity contribution in [2.45, 2.75) is 6.42 Å². The molecule has 0 N–H and O–H groups in total. The van der Waals surface area contributed by atoms with E-state index >= 15 is 0 Å². The molecule has 1 aliphatic rings. The summed E-state index contributed by atoms with van der Waals surface area (Å²) in [4.78, 5) is 16.2. The van der Waals surface area contributed by atoms with Crippen LogP contribution in [0.5, 0.6) is 0 Å². The van der Waals surface area contributed by atoms with Crippen LogP contribution >= 0.6 is 0 Å². The monoisotopic (exact) mass is 148 g/mol. The molecule has 0 spiro atoms. The highest BCUT2D eigenvalue weighted by Crippen LogP contribution is 2.24. The maximum Gasteiger partial charge on any atom is 0.214 e. The van der Waals surface area contributed by atoms with Gasteiger partial charge in [0, 0.05) is 24.6 Å². The zero-order valence-corrected chi connectivity index (χ0v) is 6.03. The van der Waals surface area contributed by atoms with Crippen LogP contribution in [0.3, 0.4) is 0 Å². The molecule has 0 fully saturated rings. The van der Waals surface area contributed by atoms with Gasteiger partial charge in [0.15, 0.2) is 0 Å². The van der Waals surface area contributed by atoms with Gasteiger partial charge in [-0.25, -0.2) is 0 Å². The molecule has 0 unspecified atom stereocenters. The number of amides is 1. The van der Waals surface area contributed by atoms with Crippen molar-refractivity contribution in [3.63, 3.8) is 0 Å². The fourth-order valence-electron chi connectivity index (χ4n) is 1.36. The number of pyridine rings is 1. The van der Waals surface area contributed by atoms with Crippen LogP contribution in [0.25, 0.3) is 0 Å². The van der Waals surface area contributed by atoms with Gasteiger partial charge in [-0.1, -0.05) is 0 Å². The molecule has 11 heavy (non-hydrogen) atoms. The Morgan fingerprint density at radius 2 is 2.55 bits per heavy atom. The third-order valence-corrected chi connectivity index (χ3v) is 1.94. The molecule has 0 saturated carbocycles. The molecule has 0 saturated heterocycles. The molecule has 1 aromatic heterocycles. The van der Waals surface area contributed by atoms with E-state index in [1.54, 1.807) is 11.1 Å². The average molecular weight is 148 g/mol. The molecule has 0 aliphatic carbocycles. The minimum absolute atomic E-state index is 0.796. The lowest BCUT2D eigenvalue weighted by molar-refractivity contribution is -0.107. The maximum absolute atomic E-state index is 10.5. The Hall–Kier alpha value is -1.38. The van der Waals surface area contributed by atoms with Gasteiger partial charge >= 0.3 is 0 Å². The second-order valence-corrected chi connectivity index (χ2v) is 2.55. The van der Waals surface area contributed by atoms with E-state index in [4.69, 9.17) is 0 Å². The quantitative estimate of drug-likeness (QED) is 0.546. The molecule has 2 heterocycles. The SMILES string of the molecule is O=CN1CCc2cnccc21. The largest absolute Gasteiger partial charge is 0.314 e. The third kappa shape index (κ3) is 0.888. The fraction of sp³-hybridized carbons (Fsp3) is 0.250. The first kappa shape index (κ1) is 6.34. The Balaban J connectivity index is 2.46. The topological polar surface area (TPSA) is 33.2 Å². The molecular formula is C8H8N2O. The molecule has 1 amide bonds. The first-order valence-corrected chi connectivity index (χ1v) is 3.56. The van der Waals surface area contributed by atoms with E-state index < -0.39 is 0 Å². The van der Waals surface area contributed by atoms with Gasteiger partial charge in [0.05, 0.1) is 0 Å². The first-order valence-electron chi connectivity index (χ1n) is 3.56. The van der Waals surface area contributed by atoms with Gasteiger partial charge in [-0.05, 0) is 18.1 Å². The molecule has 56 valence electrons. The summed E-state index contributed by atoms with van der Waals surface area (Å²) in [5.74, 6) is 0. The van der Waals surface area contributed by atoms with Gasteiger partial charge in [0.25, 0.3) is 0 Å². The van der Waals surface area contributed by atoms with E-state index in [1.165, 1.54) is 5.56 Å². The van der Waals surface area contributed by atoms with Crippen LogP contribution < -0.4 is 4.90 Å². The number of nitrogens with zero attached hydrogens (tertiary/aromatic N) is 2. The summed E-state index contributed by atoms with van der Waals surface area (Å²) < 4.78 is 0. The van der Waals surface area contributed by atoms with E-state index in [-0.39, 0.29) is 0 Å². The molecule has 1 aliphatic heterocycles. The fourth-order valence-corrected chi connectivity index (χ4v) is 1.36. The Kier molecular flexibility index (Phi) is 1.35. The van der Waals surface area contributed by atoms with E-state index in [9.17, 15) is 4.79 Å². The van der Waals surface area contributed by atoms with Crippen molar-refractivity contribution in [2.75, 3.05) is 11.4 Å². The highest BCUT2D eigenvalue weighted by Gasteiger charge is 2.16. The number of hydrogen-bond acceptors (Lipinski definition) is 2. The minimum Gasteiger partial charge on any atom is -0.314 e. The van der Waals surface area contributed by atoms with Crippen molar-refractivity contribution in [3.05, 3.63) is 24.0 Å². The smallest absolute Gasteiger partial charge is 0.214 e. The summed E-state index contributed by atoms with van der Waals surface area (Å²) >= 11 is 0. The molecular weight excluding hydrogens is 140 g/mol. The van der Waals surface area contributed by atoms with Gasteiger partial charge in [0.1, 0.15) is 0 Å². The molecule has 1 aromatic rings. The van der Waals surface area contributed by atoms with Crippen molar-refractivity contribution >= 4 is 12.1 Å². The first-order chi connectivity index (χ1) is 5.42. The van der Waals surface area contributed by atoms with E-state index in [1.807, 2.05) is 12.3 Å². The maximum atomic E-state index is 10.5. The van der Waals surface area contributed by atoms with Gasteiger partial charge < -0.3 is 4.90 Å². The van der Waals surface area contributed by atoms with E-state index in [2.05, 4.69) is 4.98 Å². The summed E-state index contributed by atoms with van der Waals surface area (Å²) in [6, 6.07) is 1.87. The Morgan fingerprint density at radius 1 is 1.64 bits per heavy atom. The summed E-state index contributed by atoms with van der Waals surface area (Å²) in [6.45, 7) is 0.796. The average Bonchev–Trinajstić information content (AvgIpc) is 2.47. The molecule has 0 bridgehead atoms. The number of carbonyl (C=O) groups is 1. The van der Waals surface area contributed by atoms with E-state index in [0.29, 0.717) is 0 Å².